The van der Waals surface area contributed by atoms with Crippen molar-refractivity contribution in [3.8, 4) is 0 Å². The van der Waals surface area contributed by atoms with Crippen molar-refractivity contribution >= 4 is 5.91 Å². The Kier molecular flexibility index (Phi) is 5.02. The van der Waals surface area contributed by atoms with Crippen LogP contribution in [0.3, 0.4) is 0 Å². The number of nitrogens with zero attached hydrogens (tertiary/aromatic N) is 2. The Hall–Kier alpha value is -1.39. The largest absolute Gasteiger partial charge is 0.342 e. The molecule has 0 aromatic heterocycles. The van der Waals surface area contributed by atoms with Crippen LogP contribution in [0.2, 0.25) is 0 Å². The number of carbonyl (C=O) groups excluding carboxylic acids is 1. The van der Waals surface area contributed by atoms with Crippen LogP contribution in [-0.2, 0) is 4.79 Å². The van der Waals surface area contributed by atoms with Crippen LogP contribution in [0.15, 0.2) is 30.3 Å². The molecule has 23 heavy (non-hydrogen) atoms. The number of likely N-dealkylation sites (tertiary alicyclic amines) is 2. The number of nitrogens with two attached hydrogens (primary N) is 1. The maximum Gasteiger partial charge on any atom is 0.225 e. The van der Waals surface area contributed by atoms with E-state index in [9.17, 15) is 4.79 Å². The van der Waals surface area contributed by atoms with Crippen molar-refractivity contribution in [1.82, 2.24) is 9.80 Å². The van der Waals surface area contributed by atoms with Gasteiger partial charge in [0.15, 0.2) is 0 Å². The Morgan fingerprint density at radius 3 is 2.30 bits per heavy atom. The molecule has 0 spiro atoms. The summed E-state index contributed by atoms with van der Waals surface area (Å²) in [5.74, 6) is 1.75. The van der Waals surface area contributed by atoms with E-state index in [-0.39, 0.29) is 12.0 Å². The molecule has 1 aromatic carbocycles. The van der Waals surface area contributed by atoms with E-state index in [0.29, 0.717) is 17.7 Å². The summed E-state index contributed by atoms with van der Waals surface area (Å²) in [5.41, 5.74) is 7.53. The van der Waals surface area contributed by atoms with Crippen molar-refractivity contribution in [2.24, 2.45) is 23.5 Å². The summed E-state index contributed by atoms with van der Waals surface area (Å²) in [7, 11) is 0. The van der Waals surface area contributed by atoms with Gasteiger partial charge in [-0.2, -0.15) is 0 Å². The first kappa shape index (κ1) is 16.5. The fraction of sp³-hybridized carbons (Fsp3) is 0.632. The first-order chi connectivity index (χ1) is 11.0. The summed E-state index contributed by atoms with van der Waals surface area (Å²) in [5, 5.41) is 0. The number of hydrogen-bond acceptors (Lipinski definition) is 3. The minimum Gasteiger partial charge on any atom is -0.342 e. The number of fused-ring (bicyclic) bond motifs is 1. The number of benzene rings is 1. The molecule has 1 aromatic rings. The monoisotopic (exact) mass is 315 g/mol. The quantitative estimate of drug-likeness (QED) is 0.905. The van der Waals surface area contributed by atoms with Crippen molar-refractivity contribution < 1.29 is 4.79 Å². The molecule has 2 saturated heterocycles. The van der Waals surface area contributed by atoms with Gasteiger partial charge in [-0.05, 0) is 30.4 Å². The highest BCUT2D eigenvalue weighted by atomic mass is 16.2. The van der Waals surface area contributed by atoms with Crippen molar-refractivity contribution in [2.75, 3.05) is 32.7 Å². The predicted molar refractivity (Wildman–Crippen MR) is 92.8 cm³/mol. The normalized spacial score (nSPS) is 25.8. The second-order valence-corrected chi connectivity index (χ2v) is 7.48. The highest BCUT2D eigenvalue weighted by Crippen LogP contribution is 2.32. The van der Waals surface area contributed by atoms with E-state index < -0.39 is 0 Å². The number of hydrogen-bond donors (Lipinski definition) is 1. The molecule has 2 fully saturated rings. The average Bonchev–Trinajstić information content (AvgIpc) is 3.11. The lowest BCUT2D eigenvalue weighted by molar-refractivity contribution is -0.133. The standard InChI is InChI=1S/C19H29N3O/c1-14(2)19(23)22-12-16-10-21(11-17(16)13-22)9-8-18(20)15-6-4-3-5-7-15/h3-7,14,16-18H,8-13,20H2,1-2H3/t16?,17?,18-/m0/s1. The molecule has 3 rings (SSSR count). The van der Waals surface area contributed by atoms with E-state index >= 15 is 0 Å². The van der Waals surface area contributed by atoms with Crippen LogP contribution in [0.4, 0.5) is 0 Å². The van der Waals surface area contributed by atoms with Gasteiger partial charge in [-0.1, -0.05) is 44.2 Å². The highest BCUT2D eigenvalue weighted by molar-refractivity contribution is 5.78. The molecule has 0 aliphatic carbocycles. The third-order valence-corrected chi connectivity index (χ3v) is 5.35. The Morgan fingerprint density at radius 1 is 1.13 bits per heavy atom. The van der Waals surface area contributed by atoms with Gasteiger partial charge in [-0.25, -0.2) is 0 Å². The van der Waals surface area contributed by atoms with Gasteiger partial charge in [0, 0.05) is 38.1 Å². The predicted octanol–water partition coefficient (Wildman–Crippen LogP) is 2.12. The summed E-state index contributed by atoms with van der Waals surface area (Å²) in [6.45, 7) is 9.18. The zero-order valence-electron chi connectivity index (χ0n) is 14.3. The smallest absolute Gasteiger partial charge is 0.225 e. The molecule has 0 radical (unpaired) electrons. The van der Waals surface area contributed by atoms with Crippen molar-refractivity contribution in [3.05, 3.63) is 35.9 Å². The van der Waals surface area contributed by atoms with Gasteiger partial charge in [-0.3, -0.25) is 4.79 Å². The molecule has 3 atom stereocenters. The van der Waals surface area contributed by atoms with Gasteiger partial charge in [0.2, 0.25) is 5.91 Å². The second kappa shape index (κ2) is 7.02. The number of rotatable bonds is 5. The van der Waals surface area contributed by atoms with E-state index in [1.807, 2.05) is 19.9 Å². The minimum absolute atomic E-state index is 0.119. The van der Waals surface area contributed by atoms with Gasteiger partial charge < -0.3 is 15.5 Å². The Labute approximate surface area is 139 Å². The molecule has 2 heterocycles. The van der Waals surface area contributed by atoms with Crippen molar-refractivity contribution in [1.29, 1.82) is 0 Å². The first-order valence-corrected chi connectivity index (χ1v) is 8.86. The molecular formula is C19H29N3O. The Bertz CT molecular complexity index is 517. The molecule has 2 unspecified atom stereocenters. The van der Waals surface area contributed by atoms with Crippen LogP contribution in [0.5, 0.6) is 0 Å². The summed E-state index contributed by atoms with van der Waals surface area (Å²) < 4.78 is 0. The van der Waals surface area contributed by atoms with Gasteiger partial charge in [-0.15, -0.1) is 0 Å². The van der Waals surface area contributed by atoms with Crippen LogP contribution >= 0.6 is 0 Å². The molecule has 4 nitrogen and oxygen atoms in total. The lowest BCUT2D eigenvalue weighted by Crippen LogP contribution is -2.36. The van der Waals surface area contributed by atoms with E-state index in [4.69, 9.17) is 5.73 Å². The average molecular weight is 315 g/mol. The fourth-order valence-corrected chi connectivity index (χ4v) is 4.01. The fourth-order valence-electron chi connectivity index (χ4n) is 4.01. The molecular weight excluding hydrogens is 286 g/mol. The zero-order valence-corrected chi connectivity index (χ0v) is 14.3. The van der Waals surface area contributed by atoms with Gasteiger partial charge in [0.1, 0.15) is 0 Å². The Morgan fingerprint density at radius 2 is 1.74 bits per heavy atom. The first-order valence-electron chi connectivity index (χ1n) is 8.86. The molecule has 2 aliphatic heterocycles. The van der Waals surface area contributed by atoms with Gasteiger partial charge >= 0.3 is 0 Å². The molecule has 2 aliphatic rings. The van der Waals surface area contributed by atoms with Crippen LogP contribution in [-0.4, -0.2) is 48.4 Å². The van der Waals surface area contributed by atoms with E-state index in [1.165, 1.54) is 5.56 Å². The van der Waals surface area contributed by atoms with Gasteiger partial charge in [0.25, 0.3) is 0 Å². The summed E-state index contributed by atoms with van der Waals surface area (Å²) in [6.07, 6.45) is 0.998. The maximum atomic E-state index is 12.1. The maximum absolute atomic E-state index is 12.1. The lowest BCUT2D eigenvalue weighted by Gasteiger charge is -2.23. The van der Waals surface area contributed by atoms with Crippen molar-refractivity contribution in [3.63, 3.8) is 0 Å². The molecule has 0 saturated carbocycles. The minimum atomic E-state index is 0.119. The summed E-state index contributed by atoms with van der Waals surface area (Å²) >= 11 is 0. The van der Waals surface area contributed by atoms with E-state index in [1.54, 1.807) is 0 Å². The third-order valence-electron chi connectivity index (χ3n) is 5.35. The molecule has 126 valence electrons. The third kappa shape index (κ3) is 3.75. The number of carbonyl (C=O) groups is 1. The molecule has 2 N–H and O–H groups in total. The molecule has 0 bridgehead atoms. The molecule has 1 amide bonds. The number of amides is 1. The van der Waals surface area contributed by atoms with E-state index in [0.717, 1.165) is 39.1 Å². The zero-order chi connectivity index (χ0) is 16.4. The van der Waals surface area contributed by atoms with Crippen LogP contribution < -0.4 is 5.73 Å². The highest BCUT2D eigenvalue weighted by Gasteiger charge is 2.41. The molecule has 4 heteroatoms. The topological polar surface area (TPSA) is 49.6 Å². The lowest BCUT2D eigenvalue weighted by atomic mass is 10.0. The Balaban J connectivity index is 1.45. The van der Waals surface area contributed by atoms with Gasteiger partial charge in [0.05, 0.1) is 0 Å². The summed E-state index contributed by atoms with van der Waals surface area (Å²) in [6, 6.07) is 10.5. The summed E-state index contributed by atoms with van der Waals surface area (Å²) in [4.78, 5) is 16.7. The van der Waals surface area contributed by atoms with E-state index in [2.05, 4.69) is 34.1 Å². The van der Waals surface area contributed by atoms with Crippen LogP contribution in [0.25, 0.3) is 0 Å². The SMILES string of the molecule is CC(C)C(=O)N1CC2CN(CC[C@H](N)c3ccccc3)CC2C1. The van der Waals surface area contributed by atoms with Crippen molar-refractivity contribution in [2.45, 2.75) is 26.3 Å². The van der Waals surface area contributed by atoms with Crippen LogP contribution in [0, 0.1) is 17.8 Å². The second-order valence-electron chi connectivity index (χ2n) is 7.48. The van der Waals surface area contributed by atoms with Crippen LogP contribution in [0.1, 0.15) is 31.9 Å².